The Labute approximate surface area is 193 Å². The standard InChI is InChI=1S/C23H28BrN3O3S/c1-4-22(28)27-9-8-18-13-19(24)14-21(23(18)27)31(29,30)25-10-11-26(17(3)15-25)20-7-5-6-16(2)12-20/h5-7,12-14,17H,4,8-11,15H2,1-3H3/t17-/m1/s1. The first kappa shape index (κ1) is 22.3. The van der Waals surface area contributed by atoms with E-state index in [0.29, 0.717) is 44.7 Å². The number of piperazine rings is 1. The molecule has 0 radical (unpaired) electrons. The topological polar surface area (TPSA) is 60.9 Å². The summed E-state index contributed by atoms with van der Waals surface area (Å²) in [4.78, 5) is 16.6. The second-order valence-electron chi connectivity index (χ2n) is 8.31. The molecule has 8 heteroatoms. The van der Waals surface area contributed by atoms with Crippen molar-refractivity contribution in [3.05, 3.63) is 52.0 Å². The van der Waals surface area contributed by atoms with E-state index in [9.17, 15) is 13.2 Å². The lowest BCUT2D eigenvalue weighted by Crippen LogP contribution is -2.53. The van der Waals surface area contributed by atoms with Crippen LogP contribution in [0.2, 0.25) is 0 Å². The third kappa shape index (κ3) is 4.13. The molecule has 0 aliphatic carbocycles. The molecule has 1 fully saturated rings. The molecule has 31 heavy (non-hydrogen) atoms. The zero-order valence-electron chi connectivity index (χ0n) is 18.1. The van der Waals surface area contributed by atoms with E-state index >= 15 is 0 Å². The van der Waals surface area contributed by atoms with Crippen molar-refractivity contribution in [2.24, 2.45) is 0 Å². The Bertz CT molecular complexity index is 1120. The number of fused-ring (bicyclic) bond motifs is 1. The van der Waals surface area contributed by atoms with Crippen molar-refractivity contribution >= 4 is 43.2 Å². The molecule has 0 saturated carbocycles. The highest BCUT2D eigenvalue weighted by Crippen LogP contribution is 2.39. The van der Waals surface area contributed by atoms with E-state index in [2.05, 4.69) is 52.9 Å². The molecule has 1 saturated heterocycles. The summed E-state index contributed by atoms with van der Waals surface area (Å²) >= 11 is 3.47. The first-order valence-electron chi connectivity index (χ1n) is 10.7. The van der Waals surface area contributed by atoms with Gasteiger partial charge >= 0.3 is 0 Å². The van der Waals surface area contributed by atoms with Crippen molar-refractivity contribution in [1.29, 1.82) is 0 Å². The Morgan fingerprint density at radius 2 is 1.94 bits per heavy atom. The Balaban J connectivity index is 1.65. The lowest BCUT2D eigenvalue weighted by Gasteiger charge is -2.41. The van der Waals surface area contributed by atoms with Crippen LogP contribution < -0.4 is 9.80 Å². The fraction of sp³-hybridized carbons (Fsp3) is 0.435. The molecule has 0 N–H and O–H groups in total. The summed E-state index contributed by atoms with van der Waals surface area (Å²) in [5, 5.41) is 0. The number of benzene rings is 2. The Morgan fingerprint density at radius 1 is 1.16 bits per heavy atom. The normalized spacial score (nSPS) is 19.5. The molecule has 0 spiro atoms. The first-order chi connectivity index (χ1) is 14.7. The number of halogens is 1. The molecule has 166 valence electrons. The number of hydrogen-bond donors (Lipinski definition) is 0. The number of carbonyl (C=O) groups excluding carboxylic acids is 1. The van der Waals surface area contributed by atoms with Crippen LogP contribution in [0.15, 0.2) is 45.8 Å². The van der Waals surface area contributed by atoms with E-state index in [1.54, 1.807) is 22.2 Å². The van der Waals surface area contributed by atoms with Gasteiger partial charge in [-0.25, -0.2) is 8.42 Å². The third-order valence-electron chi connectivity index (χ3n) is 6.14. The van der Waals surface area contributed by atoms with Gasteiger partial charge in [0.05, 0.1) is 5.69 Å². The summed E-state index contributed by atoms with van der Waals surface area (Å²) in [5.41, 5.74) is 3.77. The van der Waals surface area contributed by atoms with Crippen LogP contribution in [0, 0.1) is 6.92 Å². The van der Waals surface area contributed by atoms with Crippen LogP contribution in [-0.4, -0.2) is 50.9 Å². The molecule has 1 atom stereocenters. The van der Waals surface area contributed by atoms with Gasteiger partial charge in [0, 0.05) is 48.8 Å². The number of aryl methyl sites for hydroxylation is 1. The van der Waals surface area contributed by atoms with Crippen LogP contribution in [0.5, 0.6) is 0 Å². The maximum Gasteiger partial charge on any atom is 0.245 e. The minimum atomic E-state index is -3.75. The van der Waals surface area contributed by atoms with Gasteiger partial charge in [-0.2, -0.15) is 4.31 Å². The van der Waals surface area contributed by atoms with Gasteiger partial charge in [0.15, 0.2) is 0 Å². The highest BCUT2D eigenvalue weighted by molar-refractivity contribution is 9.10. The fourth-order valence-electron chi connectivity index (χ4n) is 4.58. The van der Waals surface area contributed by atoms with E-state index in [0.717, 1.165) is 15.7 Å². The number of carbonyl (C=O) groups is 1. The van der Waals surface area contributed by atoms with Gasteiger partial charge in [0.1, 0.15) is 4.90 Å². The zero-order chi connectivity index (χ0) is 22.3. The van der Waals surface area contributed by atoms with Crippen LogP contribution in [0.3, 0.4) is 0 Å². The van der Waals surface area contributed by atoms with Crippen molar-refractivity contribution in [1.82, 2.24) is 4.31 Å². The summed E-state index contributed by atoms with van der Waals surface area (Å²) in [6.45, 7) is 7.88. The Hall–Kier alpha value is -1.90. The van der Waals surface area contributed by atoms with Crippen molar-refractivity contribution in [3.8, 4) is 0 Å². The average molecular weight is 506 g/mol. The van der Waals surface area contributed by atoms with Crippen LogP contribution in [0.4, 0.5) is 11.4 Å². The van der Waals surface area contributed by atoms with Gasteiger partial charge in [-0.3, -0.25) is 4.79 Å². The number of sulfonamides is 1. The highest BCUT2D eigenvalue weighted by Gasteiger charge is 2.37. The van der Waals surface area contributed by atoms with Gasteiger partial charge < -0.3 is 9.80 Å². The van der Waals surface area contributed by atoms with Gasteiger partial charge in [0.2, 0.25) is 15.9 Å². The largest absolute Gasteiger partial charge is 0.366 e. The molecular weight excluding hydrogens is 478 g/mol. The van der Waals surface area contributed by atoms with E-state index < -0.39 is 10.0 Å². The molecule has 6 nitrogen and oxygen atoms in total. The molecule has 0 bridgehead atoms. The minimum Gasteiger partial charge on any atom is -0.366 e. The smallest absolute Gasteiger partial charge is 0.245 e. The maximum atomic E-state index is 13.7. The second kappa shape index (κ2) is 8.56. The summed E-state index contributed by atoms with van der Waals surface area (Å²) in [6, 6.07) is 11.9. The number of anilines is 2. The molecule has 2 aliphatic rings. The summed E-state index contributed by atoms with van der Waals surface area (Å²) in [7, 11) is -3.75. The van der Waals surface area contributed by atoms with Crippen LogP contribution in [0.25, 0.3) is 0 Å². The van der Waals surface area contributed by atoms with E-state index in [1.165, 1.54) is 5.56 Å². The number of rotatable bonds is 4. The van der Waals surface area contributed by atoms with E-state index in [-0.39, 0.29) is 16.8 Å². The number of hydrogen-bond acceptors (Lipinski definition) is 4. The van der Waals surface area contributed by atoms with Crippen molar-refractivity contribution < 1.29 is 13.2 Å². The van der Waals surface area contributed by atoms with Gasteiger partial charge in [-0.1, -0.05) is 35.0 Å². The summed E-state index contributed by atoms with van der Waals surface area (Å²) in [6.07, 6.45) is 1.02. The molecular formula is C23H28BrN3O3S. The van der Waals surface area contributed by atoms with Crippen molar-refractivity contribution in [2.45, 2.75) is 44.6 Å². The molecule has 0 aromatic heterocycles. The lowest BCUT2D eigenvalue weighted by atomic mass is 10.1. The van der Waals surface area contributed by atoms with E-state index in [4.69, 9.17) is 0 Å². The molecule has 0 unspecified atom stereocenters. The molecule has 2 aromatic rings. The molecule has 2 aliphatic heterocycles. The monoisotopic (exact) mass is 505 g/mol. The van der Waals surface area contributed by atoms with Gasteiger partial charge in [-0.15, -0.1) is 0 Å². The molecule has 2 aromatic carbocycles. The first-order valence-corrected chi connectivity index (χ1v) is 12.9. The summed E-state index contributed by atoms with van der Waals surface area (Å²) in [5.74, 6) is -0.0462. The van der Waals surface area contributed by atoms with Gasteiger partial charge in [0.25, 0.3) is 0 Å². The Morgan fingerprint density at radius 3 is 2.61 bits per heavy atom. The average Bonchev–Trinajstić information content (AvgIpc) is 3.16. The van der Waals surface area contributed by atoms with Crippen LogP contribution >= 0.6 is 15.9 Å². The lowest BCUT2D eigenvalue weighted by molar-refractivity contribution is -0.118. The predicted molar refractivity (Wildman–Crippen MR) is 127 cm³/mol. The summed E-state index contributed by atoms with van der Waals surface area (Å²) < 4.78 is 29.8. The Kier molecular flexibility index (Phi) is 6.16. The molecule has 1 amide bonds. The van der Waals surface area contributed by atoms with Gasteiger partial charge in [-0.05, 0) is 55.7 Å². The maximum absolute atomic E-state index is 13.7. The number of amides is 1. The minimum absolute atomic E-state index is 0.0407. The van der Waals surface area contributed by atoms with Crippen LogP contribution in [-0.2, 0) is 21.2 Å². The number of nitrogens with zero attached hydrogens (tertiary/aromatic N) is 3. The third-order valence-corrected chi connectivity index (χ3v) is 8.47. The van der Waals surface area contributed by atoms with Crippen LogP contribution in [0.1, 0.15) is 31.4 Å². The van der Waals surface area contributed by atoms with Crippen molar-refractivity contribution in [2.75, 3.05) is 36.0 Å². The molecule has 2 heterocycles. The SMILES string of the molecule is CCC(=O)N1CCc2cc(Br)cc(S(=O)(=O)N3CCN(c4cccc(C)c4)[C@H](C)C3)c21. The predicted octanol–water partition coefficient (Wildman–Crippen LogP) is 3.96. The van der Waals surface area contributed by atoms with Crippen molar-refractivity contribution in [3.63, 3.8) is 0 Å². The second-order valence-corrected chi connectivity index (χ2v) is 11.1. The molecule has 4 rings (SSSR count). The highest BCUT2D eigenvalue weighted by atomic mass is 79.9. The van der Waals surface area contributed by atoms with E-state index in [1.807, 2.05) is 12.1 Å². The fourth-order valence-corrected chi connectivity index (χ4v) is 7.01. The quantitative estimate of drug-likeness (QED) is 0.630. The zero-order valence-corrected chi connectivity index (χ0v) is 20.5.